The second-order valence-corrected chi connectivity index (χ2v) is 11.4. The molecular weight excluding hydrogens is 471 g/mol. The molecule has 1 unspecified atom stereocenters. The van der Waals surface area contributed by atoms with E-state index >= 15 is 0 Å². The number of hydrogen-bond acceptors (Lipinski definition) is 7. The highest BCUT2D eigenvalue weighted by Gasteiger charge is 2.63. The Morgan fingerprint density at radius 3 is 2.19 bits per heavy atom. The molecule has 0 radical (unpaired) electrons. The van der Waals surface area contributed by atoms with Crippen molar-refractivity contribution in [2.75, 3.05) is 19.6 Å². The number of halogens is 3. The Morgan fingerprint density at radius 2 is 1.69 bits per heavy atom. The van der Waals surface area contributed by atoms with Crippen LogP contribution >= 0.6 is 0 Å². The number of hydrogen-bond donors (Lipinski definition) is 1. The molecule has 1 atom stereocenters. The first kappa shape index (κ1) is 23.1. The van der Waals surface area contributed by atoms with Gasteiger partial charge < -0.3 is 5.32 Å². The number of benzene rings is 1. The average Bonchev–Trinajstić information content (AvgIpc) is 2.63. The molecule has 174 valence electrons. The van der Waals surface area contributed by atoms with Crippen LogP contribution < -0.4 is 5.32 Å². The zero-order valence-corrected chi connectivity index (χ0v) is 18.7. The molecule has 2 aliphatic heterocycles. The summed E-state index contributed by atoms with van der Waals surface area (Å²) in [4.78, 5) is 2.82. The smallest absolute Gasteiger partial charge is 0.315 e. The van der Waals surface area contributed by atoms with E-state index in [9.17, 15) is 30.0 Å². The molecule has 8 nitrogen and oxygen atoms in total. The number of aromatic nitrogens is 1. The van der Waals surface area contributed by atoms with Gasteiger partial charge in [0.1, 0.15) is 10.6 Å². The van der Waals surface area contributed by atoms with Gasteiger partial charge in [-0.25, -0.2) is 17.6 Å². The molecule has 1 aromatic carbocycles. The molecule has 2 saturated heterocycles. The van der Waals surface area contributed by atoms with E-state index in [2.05, 4.69) is 10.3 Å². The van der Waals surface area contributed by atoms with Crippen molar-refractivity contribution in [1.29, 1.82) is 0 Å². The van der Waals surface area contributed by atoms with Crippen LogP contribution in [0.3, 0.4) is 0 Å². The van der Waals surface area contributed by atoms with Gasteiger partial charge in [-0.2, -0.15) is 25.9 Å². The second-order valence-electron chi connectivity index (χ2n) is 8.01. The van der Waals surface area contributed by atoms with Gasteiger partial charge in [0, 0.05) is 19.6 Å². The Kier molecular flexibility index (Phi) is 5.41. The minimum absolute atomic E-state index is 0.0309. The van der Waals surface area contributed by atoms with Crippen molar-refractivity contribution in [3.8, 4) is 0 Å². The number of nitrogens with zero attached hydrogens (tertiary/aromatic N) is 2. The number of nitrogens with one attached hydrogen (secondary N) is 1. The summed E-state index contributed by atoms with van der Waals surface area (Å²) in [6, 6.07) is 7.30. The van der Waals surface area contributed by atoms with E-state index < -0.39 is 48.6 Å². The van der Waals surface area contributed by atoms with E-state index in [4.69, 9.17) is 4.18 Å². The lowest BCUT2D eigenvalue weighted by atomic mass is 9.74. The molecule has 13 heteroatoms. The van der Waals surface area contributed by atoms with Crippen molar-refractivity contribution in [1.82, 2.24) is 14.6 Å². The van der Waals surface area contributed by atoms with Crippen LogP contribution in [0.15, 0.2) is 46.2 Å². The van der Waals surface area contributed by atoms with Crippen LogP contribution in [0.2, 0.25) is 0 Å². The third-order valence-electron chi connectivity index (χ3n) is 5.65. The lowest BCUT2D eigenvalue weighted by molar-refractivity contribution is -0.153. The van der Waals surface area contributed by atoms with Crippen molar-refractivity contribution in [3.63, 3.8) is 0 Å². The van der Waals surface area contributed by atoms with E-state index in [1.165, 1.54) is 12.1 Å². The highest BCUT2D eigenvalue weighted by molar-refractivity contribution is 7.89. The van der Waals surface area contributed by atoms with E-state index in [0.29, 0.717) is 19.2 Å². The van der Waals surface area contributed by atoms with Crippen LogP contribution in [0.5, 0.6) is 0 Å². The highest BCUT2D eigenvalue weighted by atomic mass is 32.2. The van der Waals surface area contributed by atoms with Crippen LogP contribution in [-0.4, -0.2) is 52.0 Å². The molecule has 0 saturated carbocycles. The third kappa shape index (κ3) is 3.81. The van der Waals surface area contributed by atoms with Crippen LogP contribution in [0.1, 0.15) is 17.0 Å². The summed E-state index contributed by atoms with van der Waals surface area (Å²) in [5, 5.41) is 2.98. The van der Waals surface area contributed by atoms with E-state index in [0.717, 1.165) is 22.9 Å². The predicted molar refractivity (Wildman–Crippen MR) is 106 cm³/mol. The molecular formula is C19H20F3N3O5S2. The number of alkyl halides is 3. The van der Waals surface area contributed by atoms with Crippen LogP contribution in [-0.2, 0) is 30.5 Å². The third-order valence-corrected chi connectivity index (χ3v) is 8.86. The van der Waals surface area contributed by atoms with Crippen molar-refractivity contribution < 1.29 is 34.2 Å². The van der Waals surface area contributed by atoms with E-state index in [-0.39, 0.29) is 17.1 Å². The Balaban J connectivity index is 1.66. The first-order chi connectivity index (χ1) is 14.8. The average molecular weight is 492 g/mol. The Hall–Kier alpha value is -2.06. The molecule has 1 spiro atoms. The Morgan fingerprint density at radius 1 is 1.06 bits per heavy atom. The second kappa shape index (κ2) is 7.48. The van der Waals surface area contributed by atoms with Gasteiger partial charge in [-0.05, 0) is 38.1 Å². The summed E-state index contributed by atoms with van der Waals surface area (Å²) >= 11 is 0. The summed E-state index contributed by atoms with van der Waals surface area (Å²) < 4.78 is 97.0. The zero-order chi connectivity index (χ0) is 23.5. The molecule has 3 heterocycles. The fourth-order valence-corrected chi connectivity index (χ4v) is 6.78. The number of sulfonamides is 1. The quantitative estimate of drug-likeness (QED) is 0.638. The normalized spacial score (nSPS) is 21.2. The summed E-state index contributed by atoms with van der Waals surface area (Å²) in [6.45, 7) is 3.60. The maximum Gasteiger partial charge on any atom is 0.433 e. The minimum Gasteiger partial charge on any atom is -0.315 e. The zero-order valence-electron chi connectivity index (χ0n) is 17.0. The van der Waals surface area contributed by atoms with Gasteiger partial charge >= 0.3 is 6.18 Å². The number of rotatable bonds is 5. The lowest BCUT2D eigenvalue weighted by Gasteiger charge is -2.59. The van der Waals surface area contributed by atoms with Crippen molar-refractivity contribution in [2.24, 2.45) is 5.41 Å². The van der Waals surface area contributed by atoms with Crippen LogP contribution in [0, 0.1) is 19.3 Å². The summed E-state index contributed by atoms with van der Waals surface area (Å²) in [6.07, 6.45) is -6.05. The first-order valence-electron chi connectivity index (χ1n) is 9.54. The van der Waals surface area contributed by atoms with Crippen molar-refractivity contribution in [3.05, 3.63) is 53.3 Å². The maximum atomic E-state index is 13.2. The monoisotopic (exact) mass is 491 g/mol. The molecule has 1 aromatic heterocycles. The fourth-order valence-electron chi connectivity index (χ4n) is 3.74. The topological polar surface area (TPSA) is 106 Å². The van der Waals surface area contributed by atoms with Gasteiger partial charge in [0.2, 0.25) is 10.0 Å². The van der Waals surface area contributed by atoms with Crippen molar-refractivity contribution in [2.45, 2.75) is 36.0 Å². The summed E-state index contributed by atoms with van der Waals surface area (Å²) in [7, 11) is -8.66. The van der Waals surface area contributed by atoms with E-state index in [1.54, 1.807) is 19.1 Å². The van der Waals surface area contributed by atoms with Crippen LogP contribution in [0.4, 0.5) is 13.2 Å². The standard InChI is InChI=1S/C19H20F3N3O5S2/c1-12-3-5-14(6-4-12)32(28,29)30-17-18(9-23-10-18)11-25(17)31(26,27)15-7-8-16(19(20,21)22)24-13(15)2/h3-8,17,23H,9-11H2,1-2H3. The van der Waals surface area contributed by atoms with Crippen LogP contribution in [0.25, 0.3) is 0 Å². The molecule has 2 aromatic rings. The molecule has 2 aliphatic rings. The molecule has 0 amide bonds. The predicted octanol–water partition coefficient (Wildman–Crippen LogP) is 2.04. The Bertz CT molecular complexity index is 1260. The molecule has 4 rings (SSSR count). The lowest BCUT2D eigenvalue weighted by Crippen LogP contribution is -2.78. The number of aryl methyl sites for hydroxylation is 2. The van der Waals surface area contributed by atoms with Crippen molar-refractivity contribution >= 4 is 20.1 Å². The van der Waals surface area contributed by atoms with Gasteiger partial charge in [-0.15, -0.1) is 0 Å². The first-order valence-corrected chi connectivity index (χ1v) is 12.4. The van der Waals surface area contributed by atoms with Gasteiger partial charge in [0.25, 0.3) is 10.1 Å². The summed E-state index contributed by atoms with van der Waals surface area (Å²) in [5.74, 6) is 0. The molecule has 32 heavy (non-hydrogen) atoms. The Labute approximate surface area is 183 Å². The van der Waals surface area contributed by atoms with Gasteiger partial charge in [-0.1, -0.05) is 17.7 Å². The highest BCUT2D eigenvalue weighted by Crippen LogP contribution is 2.46. The molecule has 1 N–H and O–H groups in total. The minimum atomic E-state index is -4.72. The van der Waals surface area contributed by atoms with E-state index in [1.807, 2.05) is 0 Å². The number of pyridine rings is 1. The largest absolute Gasteiger partial charge is 0.433 e. The SMILES string of the molecule is Cc1ccc(S(=O)(=O)OC2N(S(=O)(=O)c3ccc(C(F)(F)F)nc3C)CC23CNC3)cc1. The molecule has 2 fully saturated rings. The molecule has 0 aliphatic carbocycles. The van der Waals surface area contributed by atoms with Gasteiger partial charge in [-0.3, -0.25) is 0 Å². The molecule has 0 bridgehead atoms. The fraction of sp³-hybridized carbons (Fsp3) is 0.421. The summed E-state index contributed by atoms with van der Waals surface area (Å²) in [5.41, 5.74) is -1.46. The van der Waals surface area contributed by atoms with Gasteiger partial charge in [0.15, 0.2) is 6.23 Å². The van der Waals surface area contributed by atoms with Gasteiger partial charge in [0.05, 0.1) is 16.0 Å². The maximum absolute atomic E-state index is 13.2.